The van der Waals surface area contributed by atoms with Gasteiger partial charge in [0.25, 0.3) is 0 Å². The minimum atomic E-state index is 0.851. The number of H-pyrrole nitrogens is 1. The molecule has 0 atom stereocenters. The van der Waals surface area contributed by atoms with Gasteiger partial charge in [0.1, 0.15) is 5.82 Å². The van der Waals surface area contributed by atoms with E-state index in [1.165, 1.54) is 10.9 Å². The van der Waals surface area contributed by atoms with E-state index >= 15 is 0 Å². The first kappa shape index (κ1) is 11.9. The Kier molecular flexibility index (Phi) is 3.51. The number of nitrogens with one attached hydrogen (secondary N) is 2. The number of hydrogen-bond donors (Lipinski definition) is 2. The Hall–Kier alpha value is -2.20. The number of aromatic nitrogens is 3. The van der Waals surface area contributed by atoms with Gasteiger partial charge in [-0.15, -0.1) is 0 Å². The highest BCUT2D eigenvalue weighted by Crippen LogP contribution is 2.15. The first-order valence-electron chi connectivity index (χ1n) is 6.45. The topological polar surface area (TPSA) is 53.6 Å². The van der Waals surface area contributed by atoms with E-state index in [4.69, 9.17) is 0 Å². The lowest BCUT2D eigenvalue weighted by Gasteiger charge is -2.07. The zero-order chi connectivity index (χ0) is 12.9. The van der Waals surface area contributed by atoms with Crippen LogP contribution in [0.25, 0.3) is 10.9 Å². The van der Waals surface area contributed by atoms with Crippen molar-refractivity contribution in [2.45, 2.75) is 13.0 Å². The van der Waals surface area contributed by atoms with Crippen molar-refractivity contribution >= 4 is 10.9 Å². The number of hydrogen-bond acceptors (Lipinski definition) is 3. The summed E-state index contributed by atoms with van der Waals surface area (Å²) in [5, 5.41) is 4.66. The van der Waals surface area contributed by atoms with Crippen LogP contribution in [0.4, 0.5) is 0 Å². The van der Waals surface area contributed by atoms with Crippen molar-refractivity contribution in [2.75, 3.05) is 6.54 Å². The van der Waals surface area contributed by atoms with E-state index in [9.17, 15) is 0 Å². The highest BCUT2D eigenvalue weighted by Gasteiger charge is 2.01. The molecular formula is C15H16N4. The molecule has 0 aliphatic carbocycles. The molecule has 0 unspecified atom stereocenters. The van der Waals surface area contributed by atoms with E-state index in [0.29, 0.717) is 0 Å². The standard InChI is InChI=1S/C15H16N4/c1-2-4-14-13(3-1)12(5-8-17-14)11-16-7-6-15-18-9-10-19-15/h1-5,8-10,16H,6-7,11H2,(H,18,19). The Morgan fingerprint density at radius 2 is 2.00 bits per heavy atom. The van der Waals surface area contributed by atoms with Crippen LogP contribution < -0.4 is 5.32 Å². The third kappa shape index (κ3) is 2.80. The van der Waals surface area contributed by atoms with Crippen molar-refractivity contribution in [3.8, 4) is 0 Å². The van der Waals surface area contributed by atoms with Crippen LogP contribution in [0.3, 0.4) is 0 Å². The van der Waals surface area contributed by atoms with E-state index in [0.717, 1.165) is 30.9 Å². The molecule has 4 heteroatoms. The van der Waals surface area contributed by atoms with Gasteiger partial charge in [-0.1, -0.05) is 18.2 Å². The lowest BCUT2D eigenvalue weighted by molar-refractivity contribution is 0.676. The Morgan fingerprint density at radius 1 is 1.05 bits per heavy atom. The first-order valence-corrected chi connectivity index (χ1v) is 6.45. The number of fused-ring (bicyclic) bond motifs is 1. The minimum absolute atomic E-state index is 0.851. The minimum Gasteiger partial charge on any atom is -0.349 e. The second-order valence-corrected chi connectivity index (χ2v) is 4.45. The van der Waals surface area contributed by atoms with Gasteiger partial charge in [-0.3, -0.25) is 4.98 Å². The molecule has 0 fully saturated rings. The molecular weight excluding hydrogens is 236 g/mol. The highest BCUT2D eigenvalue weighted by atomic mass is 14.9. The molecule has 1 aromatic carbocycles. The summed E-state index contributed by atoms with van der Waals surface area (Å²) < 4.78 is 0. The van der Waals surface area contributed by atoms with Crippen molar-refractivity contribution in [1.29, 1.82) is 0 Å². The Labute approximate surface area is 111 Å². The predicted molar refractivity (Wildman–Crippen MR) is 75.7 cm³/mol. The molecule has 3 rings (SSSR count). The number of pyridine rings is 1. The van der Waals surface area contributed by atoms with Crippen LogP contribution in [0.15, 0.2) is 48.9 Å². The molecule has 0 aliphatic heterocycles. The van der Waals surface area contributed by atoms with Crippen LogP contribution in [0.2, 0.25) is 0 Å². The monoisotopic (exact) mass is 252 g/mol. The van der Waals surface area contributed by atoms with Gasteiger partial charge in [0.05, 0.1) is 5.52 Å². The molecule has 0 saturated carbocycles. The molecule has 0 radical (unpaired) electrons. The number of imidazole rings is 1. The van der Waals surface area contributed by atoms with Crippen molar-refractivity contribution in [1.82, 2.24) is 20.3 Å². The van der Waals surface area contributed by atoms with Gasteiger partial charge in [-0.05, 0) is 17.7 Å². The molecule has 19 heavy (non-hydrogen) atoms. The van der Waals surface area contributed by atoms with E-state index in [2.05, 4.69) is 38.5 Å². The van der Waals surface area contributed by atoms with Crippen LogP contribution in [0.5, 0.6) is 0 Å². The maximum Gasteiger partial charge on any atom is 0.107 e. The summed E-state index contributed by atoms with van der Waals surface area (Å²) in [5.41, 5.74) is 2.33. The number of para-hydroxylation sites is 1. The number of benzene rings is 1. The maximum absolute atomic E-state index is 4.37. The molecule has 0 saturated heterocycles. The van der Waals surface area contributed by atoms with Crippen molar-refractivity contribution in [2.24, 2.45) is 0 Å². The average molecular weight is 252 g/mol. The smallest absolute Gasteiger partial charge is 0.107 e. The summed E-state index contributed by atoms with van der Waals surface area (Å²) >= 11 is 0. The fourth-order valence-electron chi connectivity index (χ4n) is 2.17. The Balaban J connectivity index is 1.62. The van der Waals surface area contributed by atoms with Crippen LogP contribution >= 0.6 is 0 Å². The fourth-order valence-corrected chi connectivity index (χ4v) is 2.17. The van der Waals surface area contributed by atoms with Crippen LogP contribution in [-0.4, -0.2) is 21.5 Å². The Bertz CT molecular complexity index is 641. The van der Waals surface area contributed by atoms with Gasteiger partial charge in [0.15, 0.2) is 0 Å². The van der Waals surface area contributed by atoms with Gasteiger partial charge in [0, 0.05) is 43.5 Å². The maximum atomic E-state index is 4.37. The molecule has 2 heterocycles. The van der Waals surface area contributed by atoms with Gasteiger partial charge >= 0.3 is 0 Å². The highest BCUT2D eigenvalue weighted by molar-refractivity contribution is 5.81. The predicted octanol–water partition coefficient (Wildman–Crippen LogP) is 2.29. The molecule has 2 aromatic heterocycles. The lowest BCUT2D eigenvalue weighted by atomic mass is 10.1. The summed E-state index contributed by atoms with van der Waals surface area (Å²) in [5.74, 6) is 1.02. The van der Waals surface area contributed by atoms with Crippen molar-refractivity contribution < 1.29 is 0 Å². The molecule has 0 bridgehead atoms. The average Bonchev–Trinajstić information content (AvgIpc) is 2.97. The van der Waals surface area contributed by atoms with Crippen LogP contribution in [0.1, 0.15) is 11.4 Å². The van der Waals surface area contributed by atoms with Crippen molar-refractivity contribution in [3.05, 3.63) is 60.3 Å². The second-order valence-electron chi connectivity index (χ2n) is 4.45. The second kappa shape index (κ2) is 5.63. The lowest BCUT2D eigenvalue weighted by Crippen LogP contribution is -2.17. The molecule has 96 valence electrons. The van der Waals surface area contributed by atoms with Gasteiger partial charge in [-0.2, -0.15) is 0 Å². The molecule has 0 amide bonds. The molecule has 0 spiro atoms. The molecule has 2 N–H and O–H groups in total. The quantitative estimate of drug-likeness (QED) is 0.685. The number of rotatable bonds is 5. The summed E-state index contributed by atoms with van der Waals surface area (Å²) in [6.07, 6.45) is 6.42. The fraction of sp³-hybridized carbons (Fsp3) is 0.200. The summed E-state index contributed by atoms with van der Waals surface area (Å²) in [6.45, 7) is 1.76. The number of aromatic amines is 1. The van der Waals surface area contributed by atoms with Gasteiger partial charge in [-0.25, -0.2) is 4.98 Å². The van der Waals surface area contributed by atoms with Crippen LogP contribution in [-0.2, 0) is 13.0 Å². The number of nitrogens with zero attached hydrogens (tertiary/aromatic N) is 2. The third-order valence-corrected chi connectivity index (χ3v) is 3.15. The van der Waals surface area contributed by atoms with Crippen LogP contribution in [0, 0.1) is 0 Å². The van der Waals surface area contributed by atoms with E-state index in [-0.39, 0.29) is 0 Å². The first-order chi connectivity index (χ1) is 9.43. The normalized spacial score (nSPS) is 10.9. The third-order valence-electron chi connectivity index (χ3n) is 3.15. The summed E-state index contributed by atoms with van der Waals surface area (Å²) in [6, 6.07) is 10.3. The zero-order valence-electron chi connectivity index (χ0n) is 10.6. The van der Waals surface area contributed by atoms with Gasteiger partial charge in [0.2, 0.25) is 0 Å². The summed E-state index contributed by atoms with van der Waals surface area (Å²) in [4.78, 5) is 11.7. The molecule has 4 nitrogen and oxygen atoms in total. The van der Waals surface area contributed by atoms with E-state index < -0.39 is 0 Å². The van der Waals surface area contributed by atoms with Gasteiger partial charge < -0.3 is 10.3 Å². The zero-order valence-corrected chi connectivity index (χ0v) is 10.6. The SMILES string of the molecule is c1ccc2c(CNCCc3ncc[nH]3)ccnc2c1. The van der Waals surface area contributed by atoms with E-state index in [1.54, 1.807) is 6.20 Å². The molecule has 3 aromatic rings. The largest absolute Gasteiger partial charge is 0.349 e. The summed E-state index contributed by atoms with van der Waals surface area (Å²) in [7, 11) is 0. The van der Waals surface area contributed by atoms with E-state index in [1.807, 2.05) is 24.5 Å². The molecule has 0 aliphatic rings. The Morgan fingerprint density at radius 3 is 2.89 bits per heavy atom. The van der Waals surface area contributed by atoms with Crippen molar-refractivity contribution in [3.63, 3.8) is 0 Å².